The first-order chi connectivity index (χ1) is 9.20. The number of fused-ring (bicyclic) bond motifs is 1. The zero-order valence-corrected chi connectivity index (χ0v) is 11.6. The molecule has 0 spiro atoms. The molecule has 0 amide bonds. The second kappa shape index (κ2) is 4.97. The summed E-state index contributed by atoms with van der Waals surface area (Å²) in [5, 5.41) is 10.2. The van der Waals surface area contributed by atoms with E-state index >= 15 is 0 Å². The molecular weight excluding hydrogens is 308 g/mol. The number of ether oxygens (including phenoxy) is 1. The van der Waals surface area contributed by atoms with Crippen molar-refractivity contribution >= 4 is 26.9 Å². The molecule has 0 atom stereocenters. The third kappa shape index (κ3) is 2.74. The highest BCUT2D eigenvalue weighted by molar-refractivity contribution is 9.10. The SMILES string of the molecule is Oc1ccc(OCc2cc3cc(Br)ccc3o2)cc1. The highest BCUT2D eigenvalue weighted by Gasteiger charge is 2.05. The van der Waals surface area contributed by atoms with E-state index in [0.717, 1.165) is 21.2 Å². The molecule has 0 unspecified atom stereocenters. The maximum absolute atomic E-state index is 9.18. The largest absolute Gasteiger partial charge is 0.508 e. The van der Waals surface area contributed by atoms with Gasteiger partial charge in [0.2, 0.25) is 0 Å². The summed E-state index contributed by atoms with van der Waals surface area (Å²) in [5.74, 6) is 1.68. The lowest BCUT2D eigenvalue weighted by molar-refractivity contribution is 0.274. The Morgan fingerprint density at radius 3 is 2.63 bits per heavy atom. The van der Waals surface area contributed by atoms with Crippen molar-refractivity contribution in [2.75, 3.05) is 0 Å². The monoisotopic (exact) mass is 318 g/mol. The number of hydrogen-bond donors (Lipinski definition) is 1. The lowest BCUT2D eigenvalue weighted by Crippen LogP contribution is -1.92. The van der Waals surface area contributed by atoms with Crippen molar-refractivity contribution in [3.63, 3.8) is 0 Å². The molecule has 3 aromatic rings. The van der Waals surface area contributed by atoms with Gasteiger partial charge in [-0.05, 0) is 48.5 Å². The van der Waals surface area contributed by atoms with Crippen LogP contribution in [0.25, 0.3) is 11.0 Å². The molecule has 4 heteroatoms. The van der Waals surface area contributed by atoms with Crippen LogP contribution in [0.2, 0.25) is 0 Å². The van der Waals surface area contributed by atoms with Gasteiger partial charge in [0.15, 0.2) is 0 Å². The van der Waals surface area contributed by atoms with Crippen molar-refractivity contribution in [1.29, 1.82) is 0 Å². The molecule has 1 aromatic heterocycles. The van der Waals surface area contributed by atoms with E-state index in [1.807, 2.05) is 24.3 Å². The van der Waals surface area contributed by atoms with Crippen LogP contribution in [-0.4, -0.2) is 5.11 Å². The van der Waals surface area contributed by atoms with Gasteiger partial charge < -0.3 is 14.3 Å². The molecule has 0 aliphatic carbocycles. The minimum atomic E-state index is 0.223. The summed E-state index contributed by atoms with van der Waals surface area (Å²) in [6, 6.07) is 14.4. The topological polar surface area (TPSA) is 42.6 Å². The lowest BCUT2D eigenvalue weighted by atomic mass is 10.2. The molecule has 1 heterocycles. The van der Waals surface area contributed by atoms with Gasteiger partial charge in [0, 0.05) is 9.86 Å². The highest BCUT2D eigenvalue weighted by atomic mass is 79.9. The minimum absolute atomic E-state index is 0.223. The van der Waals surface area contributed by atoms with E-state index in [1.165, 1.54) is 0 Å². The molecule has 0 radical (unpaired) electrons. The van der Waals surface area contributed by atoms with E-state index < -0.39 is 0 Å². The summed E-state index contributed by atoms with van der Waals surface area (Å²) in [6.07, 6.45) is 0. The second-order valence-corrected chi connectivity index (χ2v) is 5.09. The van der Waals surface area contributed by atoms with E-state index in [2.05, 4.69) is 15.9 Å². The summed E-state index contributed by atoms with van der Waals surface area (Å²) in [6.45, 7) is 0.358. The Bertz CT molecular complexity index is 701. The first-order valence-corrected chi connectivity index (χ1v) is 6.60. The first-order valence-electron chi connectivity index (χ1n) is 5.80. The first kappa shape index (κ1) is 12.1. The van der Waals surface area contributed by atoms with Crippen LogP contribution in [0.15, 0.2) is 57.4 Å². The predicted octanol–water partition coefficient (Wildman–Crippen LogP) is 4.48. The van der Waals surface area contributed by atoms with Gasteiger partial charge in [-0.15, -0.1) is 0 Å². The third-order valence-electron chi connectivity index (χ3n) is 2.75. The van der Waals surface area contributed by atoms with Crippen LogP contribution in [0.4, 0.5) is 0 Å². The third-order valence-corrected chi connectivity index (χ3v) is 3.24. The Kier molecular flexibility index (Phi) is 3.17. The molecule has 0 aliphatic rings. The molecule has 0 bridgehead atoms. The summed E-state index contributed by atoms with van der Waals surface area (Å²) < 4.78 is 12.3. The Morgan fingerprint density at radius 1 is 1.05 bits per heavy atom. The average Bonchev–Trinajstić information content (AvgIpc) is 2.80. The zero-order chi connectivity index (χ0) is 13.2. The van der Waals surface area contributed by atoms with Gasteiger partial charge in [-0.25, -0.2) is 0 Å². The Labute approximate surface area is 118 Å². The van der Waals surface area contributed by atoms with E-state index in [9.17, 15) is 5.11 Å². The van der Waals surface area contributed by atoms with Crippen LogP contribution in [0.1, 0.15) is 5.76 Å². The number of furan rings is 1. The van der Waals surface area contributed by atoms with Gasteiger partial charge in [0.05, 0.1) is 0 Å². The van der Waals surface area contributed by atoms with Crippen molar-refractivity contribution in [3.05, 3.63) is 58.8 Å². The number of halogens is 1. The summed E-state index contributed by atoms with van der Waals surface area (Å²) in [7, 11) is 0. The molecule has 0 saturated carbocycles. The van der Waals surface area contributed by atoms with Gasteiger partial charge in [-0.1, -0.05) is 15.9 Å². The van der Waals surface area contributed by atoms with Crippen LogP contribution in [-0.2, 0) is 6.61 Å². The Morgan fingerprint density at radius 2 is 1.84 bits per heavy atom. The van der Waals surface area contributed by atoms with Gasteiger partial charge in [-0.3, -0.25) is 0 Å². The average molecular weight is 319 g/mol. The Balaban J connectivity index is 1.76. The number of rotatable bonds is 3. The number of aromatic hydroxyl groups is 1. The standard InChI is InChI=1S/C15H11BrO3/c16-11-1-6-15-10(7-11)8-14(19-15)9-18-13-4-2-12(17)3-5-13/h1-8,17H,9H2. The molecule has 0 saturated heterocycles. The van der Waals surface area contributed by atoms with E-state index in [4.69, 9.17) is 9.15 Å². The van der Waals surface area contributed by atoms with E-state index in [0.29, 0.717) is 12.4 Å². The molecule has 3 rings (SSSR count). The van der Waals surface area contributed by atoms with Crippen molar-refractivity contribution in [1.82, 2.24) is 0 Å². The van der Waals surface area contributed by atoms with Crippen LogP contribution < -0.4 is 4.74 Å². The van der Waals surface area contributed by atoms with Gasteiger partial charge >= 0.3 is 0 Å². The van der Waals surface area contributed by atoms with E-state index in [1.54, 1.807) is 24.3 Å². The smallest absolute Gasteiger partial charge is 0.146 e. The van der Waals surface area contributed by atoms with Gasteiger partial charge in [0.25, 0.3) is 0 Å². The number of phenolic OH excluding ortho intramolecular Hbond substituents is 1. The highest BCUT2D eigenvalue weighted by Crippen LogP contribution is 2.24. The molecule has 0 aliphatic heterocycles. The molecule has 19 heavy (non-hydrogen) atoms. The van der Waals surface area contributed by atoms with Crippen LogP contribution in [0, 0.1) is 0 Å². The van der Waals surface area contributed by atoms with Crippen molar-refractivity contribution in [2.45, 2.75) is 6.61 Å². The van der Waals surface area contributed by atoms with Crippen molar-refractivity contribution in [2.24, 2.45) is 0 Å². The van der Waals surface area contributed by atoms with Gasteiger partial charge in [-0.2, -0.15) is 0 Å². The maximum Gasteiger partial charge on any atom is 0.146 e. The second-order valence-electron chi connectivity index (χ2n) is 4.18. The number of benzene rings is 2. The molecule has 3 nitrogen and oxygen atoms in total. The fraction of sp³-hybridized carbons (Fsp3) is 0.0667. The zero-order valence-electron chi connectivity index (χ0n) is 9.97. The number of hydrogen-bond acceptors (Lipinski definition) is 3. The molecule has 96 valence electrons. The van der Waals surface area contributed by atoms with Crippen molar-refractivity contribution < 1.29 is 14.3 Å². The summed E-state index contributed by atoms with van der Waals surface area (Å²) in [4.78, 5) is 0. The maximum atomic E-state index is 9.18. The lowest BCUT2D eigenvalue weighted by Gasteiger charge is -2.03. The summed E-state index contributed by atoms with van der Waals surface area (Å²) >= 11 is 3.43. The summed E-state index contributed by atoms with van der Waals surface area (Å²) in [5.41, 5.74) is 0.840. The molecule has 1 N–H and O–H groups in total. The normalized spacial score (nSPS) is 10.8. The fourth-order valence-corrected chi connectivity index (χ4v) is 2.22. The van der Waals surface area contributed by atoms with Crippen molar-refractivity contribution in [3.8, 4) is 11.5 Å². The fourth-order valence-electron chi connectivity index (χ4n) is 1.84. The predicted molar refractivity (Wildman–Crippen MR) is 76.4 cm³/mol. The van der Waals surface area contributed by atoms with Crippen LogP contribution >= 0.6 is 15.9 Å². The molecular formula is C15H11BrO3. The van der Waals surface area contributed by atoms with E-state index in [-0.39, 0.29) is 5.75 Å². The van der Waals surface area contributed by atoms with Crippen LogP contribution in [0.5, 0.6) is 11.5 Å². The Hall–Kier alpha value is -1.94. The van der Waals surface area contributed by atoms with Crippen LogP contribution in [0.3, 0.4) is 0 Å². The minimum Gasteiger partial charge on any atom is -0.508 e. The molecule has 0 fully saturated rings. The number of phenols is 1. The molecule has 2 aromatic carbocycles. The van der Waals surface area contributed by atoms with Gasteiger partial charge in [0.1, 0.15) is 29.4 Å². The quantitative estimate of drug-likeness (QED) is 0.774.